The summed E-state index contributed by atoms with van der Waals surface area (Å²) in [5.41, 5.74) is 0. The minimum absolute atomic E-state index is 0. The maximum absolute atomic E-state index is 11.8. The Morgan fingerprint density at radius 2 is 1.10 bits per heavy atom. The molecular formula is C12H24F3LiO4S. The Morgan fingerprint density at radius 1 is 0.810 bits per heavy atom. The molecule has 0 aliphatic heterocycles. The smallest absolute Gasteiger partial charge is 0.343 e. The Hall–Kier alpha value is 0.257. The van der Waals surface area contributed by atoms with Crippen LogP contribution in [0.1, 0.15) is 64.2 Å². The maximum atomic E-state index is 11.8. The maximum Gasteiger partial charge on any atom is 1.00 e. The predicted molar refractivity (Wildman–Crippen MR) is 71.8 cm³/mol. The second kappa shape index (κ2) is 15.2. The van der Waals surface area contributed by atoms with Crippen molar-refractivity contribution < 1.29 is 49.6 Å². The van der Waals surface area contributed by atoms with E-state index in [1.54, 1.807) is 0 Å². The molecule has 0 fully saturated rings. The fourth-order valence-electron chi connectivity index (χ4n) is 1.56. The molecule has 0 heterocycles. The molecule has 0 aromatic rings. The average Bonchev–Trinajstić information content (AvgIpc) is 2.23. The van der Waals surface area contributed by atoms with Crippen molar-refractivity contribution in [3.8, 4) is 0 Å². The van der Waals surface area contributed by atoms with Crippen molar-refractivity contribution in [2.75, 3.05) is 0 Å². The van der Waals surface area contributed by atoms with Gasteiger partial charge in [0, 0.05) is 6.42 Å². The summed E-state index contributed by atoms with van der Waals surface area (Å²) in [5.74, 6) is 0. The van der Waals surface area contributed by atoms with Crippen molar-refractivity contribution in [3.63, 3.8) is 0 Å². The molecule has 0 bridgehead atoms. The van der Waals surface area contributed by atoms with E-state index in [2.05, 4.69) is 6.92 Å². The molecule has 0 rings (SSSR count). The van der Waals surface area contributed by atoms with Crippen LogP contribution >= 0.6 is 0 Å². The largest absolute Gasteiger partial charge is 1.00 e. The van der Waals surface area contributed by atoms with E-state index in [0.717, 1.165) is 32.1 Å². The summed E-state index contributed by atoms with van der Waals surface area (Å²) in [7, 11) is -4.67. The van der Waals surface area contributed by atoms with Crippen molar-refractivity contribution in [1.29, 1.82) is 0 Å². The van der Waals surface area contributed by atoms with Gasteiger partial charge in [-0.3, -0.25) is 9.11 Å². The summed E-state index contributed by atoms with van der Waals surface area (Å²) in [6.07, 6.45) is 4.20. The van der Waals surface area contributed by atoms with Gasteiger partial charge in [0.1, 0.15) is 0 Å². The quantitative estimate of drug-likeness (QED) is 0.292. The standard InChI is InChI=1S/C12H22F3.Li.H2O4S/c1-2-3-4-5-6-7-8-9-10-11-12(13,14)15;;1-5(2,3)4/h1-11H2;;(H2,1,2,3,4)/q-1;+1;. The van der Waals surface area contributed by atoms with Gasteiger partial charge in [-0.1, -0.05) is 44.9 Å². The van der Waals surface area contributed by atoms with Gasteiger partial charge in [-0.25, -0.2) is 0 Å². The van der Waals surface area contributed by atoms with Gasteiger partial charge in [-0.05, 0) is 6.42 Å². The first-order chi connectivity index (χ1) is 9.06. The van der Waals surface area contributed by atoms with E-state index in [-0.39, 0.29) is 18.9 Å². The van der Waals surface area contributed by atoms with Gasteiger partial charge in [-0.2, -0.15) is 28.0 Å². The Balaban J connectivity index is -0.000000465. The van der Waals surface area contributed by atoms with Gasteiger partial charge in [0.15, 0.2) is 0 Å². The zero-order chi connectivity index (χ0) is 16.1. The summed E-state index contributed by atoms with van der Waals surface area (Å²) in [6, 6.07) is 0. The minimum atomic E-state index is -4.67. The average molecular weight is 328 g/mol. The second-order valence-corrected chi connectivity index (χ2v) is 5.39. The van der Waals surface area contributed by atoms with Crippen LogP contribution in [0.5, 0.6) is 0 Å². The molecule has 0 aromatic carbocycles. The van der Waals surface area contributed by atoms with Crippen LogP contribution in [0.15, 0.2) is 0 Å². The first-order valence-corrected chi connectivity index (χ1v) is 8.02. The van der Waals surface area contributed by atoms with E-state index in [0.29, 0.717) is 6.42 Å². The van der Waals surface area contributed by atoms with Gasteiger partial charge in [0.05, 0.1) is 0 Å². The van der Waals surface area contributed by atoms with E-state index in [1.165, 1.54) is 19.3 Å². The number of hydrogen-bond acceptors (Lipinski definition) is 2. The second-order valence-electron chi connectivity index (χ2n) is 4.49. The van der Waals surface area contributed by atoms with Crippen LogP contribution in [0.3, 0.4) is 0 Å². The Bertz CT molecular complexity index is 300. The minimum Gasteiger partial charge on any atom is -0.343 e. The summed E-state index contributed by atoms with van der Waals surface area (Å²) >= 11 is 0. The first kappa shape index (κ1) is 26.2. The fraction of sp³-hybridized carbons (Fsp3) is 0.917. The van der Waals surface area contributed by atoms with Crippen molar-refractivity contribution in [3.05, 3.63) is 6.92 Å². The van der Waals surface area contributed by atoms with Gasteiger partial charge < -0.3 is 6.92 Å². The molecule has 9 heteroatoms. The summed E-state index contributed by atoms with van der Waals surface area (Å²) in [4.78, 5) is 0. The molecule has 0 atom stereocenters. The molecule has 0 aliphatic carbocycles. The zero-order valence-corrected chi connectivity index (χ0v) is 13.3. The molecule has 0 saturated carbocycles. The molecule has 0 aromatic heterocycles. The summed E-state index contributed by atoms with van der Waals surface area (Å²) in [6.45, 7) is 3.76. The normalized spacial score (nSPS) is 11.3. The Labute approximate surface area is 137 Å². The zero-order valence-electron chi connectivity index (χ0n) is 12.5. The van der Waals surface area contributed by atoms with Crippen molar-refractivity contribution in [2.24, 2.45) is 0 Å². The van der Waals surface area contributed by atoms with Gasteiger partial charge in [0.2, 0.25) is 0 Å². The fourth-order valence-corrected chi connectivity index (χ4v) is 1.56. The van der Waals surface area contributed by atoms with Crippen LogP contribution in [-0.4, -0.2) is 23.7 Å². The molecule has 0 amide bonds. The molecule has 0 saturated heterocycles. The number of halogens is 3. The number of hydrogen-bond donors (Lipinski definition) is 2. The number of rotatable bonds is 9. The van der Waals surface area contributed by atoms with Crippen LogP contribution < -0.4 is 18.9 Å². The van der Waals surface area contributed by atoms with Crippen LogP contribution in [0.4, 0.5) is 13.2 Å². The molecule has 21 heavy (non-hydrogen) atoms. The third-order valence-electron chi connectivity index (χ3n) is 2.46. The summed E-state index contributed by atoms with van der Waals surface area (Å²) in [5, 5.41) is 0. The van der Waals surface area contributed by atoms with Gasteiger partial charge >= 0.3 is 35.4 Å². The third-order valence-corrected chi connectivity index (χ3v) is 2.46. The Kier molecular flexibility index (Phi) is 18.9. The van der Waals surface area contributed by atoms with Gasteiger partial charge in [0.25, 0.3) is 0 Å². The third kappa shape index (κ3) is 44.9. The van der Waals surface area contributed by atoms with E-state index in [1.807, 2.05) is 0 Å². The molecule has 2 N–H and O–H groups in total. The van der Waals surface area contributed by atoms with Gasteiger partial charge in [-0.15, -0.1) is 0 Å². The summed E-state index contributed by atoms with van der Waals surface area (Å²) < 4.78 is 66.9. The van der Waals surface area contributed by atoms with Crippen LogP contribution in [0, 0.1) is 6.92 Å². The predicted octanol–water partition coefficient (Wildman–Crippen LogP) is 1.63. The molecule has 124 valence electrons. The number of unbranched alkanes of at least 4 members (excludes halogenated alkanes) is 8. The van der Waals surface area contributed by atoms with Crippen molar-refractivity contribution >= 4 is 10.4 Å². The monoisotopic (exact) mass is 328 g/mol. The molecule has 0 radical (unpaired) electrons. The Morgan fingerprint density at radius 3 is 1.38 bits per heavy atom. The van der Waals surface area contributed by atoms with Crippen LogP contribution in [0.2, 0.25) is 0 Å². The van der Waals surface area contributed by atoms with Crippen LogP contribution in [0.25, 0.3) is 0 Å². The topological polar surface area (TPSA) is 74.6 Å². The van der Waals surface area contributed by atoms with Crippen molar-refractivity contribution in [1.82, 2.24) is 0 Å². The SMILES string of the molecule is O=S(=O)(O)O.[CH2-]CCCCCCCCCCC(F)(F)F.[Li+]. The van der Waals surface area contributed by atoms with Crippen LogP contribution in [-0.2, 0) is 10.4 Å². The molecule has 0 aliphatic rings. The molecule has 0 unspecified atom stereocenters. The molecule has 4 nitrogen and oxygen atoms in total. The first-order valence-electron chi connectivity index (χ1n) is 6.62. The molecule has 0 spiro atoms. The number of alkyl halides is 3. The van der Waals surface area contributed by atoms with E-state index in [9.17, 15) is 13.2 Å². The van der Waals surface area contributed by atoms with E-state index < -0.39 is 23.0 Å². The van der Waals surface area contributed by atoms with Crippen molar-refractivity contribution in [2.45, 2.75) is 70.4 Å². The van der Waals surface area contributed by atoms with E-state index >= 15 is 0 Å². The van der Waals surface area contributed by atoms with E-state index in [4.69, 9.17) is 17.5 Å². The molecular weight excluding hydrogens is 304 g/mol.